The molecule has 0 fully saturated rings. The Labute approximate surface area is 168 Å². The Hall–Kier alpha value is -3.35. The van der Waals surface area contributed by atoms with Crippen molar-refractivity contribution in [1.82, 2.24) is 14.7 Å². The van der Waals surface area contributed by atoms with Crippen LogP contribution in [0.5, 0.6) is 11.5 Å². The molecule has 0 radical (unpaired) electrons. The summed E-state index contributed by atoms with van der Waals surface area (Å²) >= 11 is 0. The lowest BCUT2D eigenvalue weighted by Crippen LogP contribution is -2.36. The van der Waals surface area contributed by atoms with Crippen LogP contribution in [-0.2, 0) is 13.0 Å². The Morgan fingerprint density at radius 2 is 1.76 bits per heavy atom. The van der Waals surface area contributed by atoms with E-state index in [0.29, 0.717) is 48.1 Å². The molecule has 1 amide bonds. The number of para-hydroxylation sites is 1. The SMILES string of the molecule is COc1cc2c(cc1OC)CN(C(=O)c1cc(C)n(-c3ccccc3F)n1)CC2. The third kappa shape index (κ3) is 3.44. The lowest BCUT2D eigenvalue weighted by Gasteiger charge is -2.29. The maximum absolute atomic E-state index is 14.1. The zero-order chi connectivity index (χ0) is 20.5. The number of amides is 1. The molecule has 2 heterocycles. The molecule has 0 atom stereocenters. The average Bonchev–Trinajstić information content (AvgIpc) is 3.13. The van der Waals surface area contributed by atoms with Gasteiger partial charge in [-0.05, 0) is 54.8 Å². The van der Waals surface area contributed by atoms with Crippen molar-refractivity contribution >= 4 is 5.91 Å². The summed E-state index contributed by atoms with van der Waals surface area (Å²) in [7, 11) is 3.20. The van der Waals surface area contributed by atoms with Crippen LogP contribution in [-0.4, -0.2) is 41.4 Å². The highest BCUT2D eigenvalue weighted by Crippen LogP contribution is 2.33. The Bertz CT molecular complexity index is 1080. The number of nitrogens with zero attached hydrogens (tertiary/aromatic N) is 3. The lowest BCUT2D eigenvalue weighted by atomic mass is 9.98. The summed E-state index contributed by atoms with van der Waals surface area (Å²) in [6.45, 7) is 2.84. The molecule has 0 bridgehead atoms. The summed E-state index contributed by atoms with van der Waals surface area (Å²) in [4.78, 5) is 14.8. The number of benzene rings is 2. The zero-order valence-corrected chi connectivity index (χ0v) is 16.6. The van der Waals surface area contributed by atoms with Gasteiger partial charge in [-0.1, -0.05) is 12.1 Å². The van der Waals surface area contributed by atoms with Gasteiger partial charge in [-0.2, -0.15) is 5.10 Å². The second-order valence-corrected chi connectivity index (χ2v) is 6.99. The summed E-state index contributed by atoms with van der Waals surface area (Å²) in [5.41, 5.74) is 3.48. The predicted molar refractivity (Wildman–Crippen MR) is 106 cm³/mol. The van der Waals surface area contributed by atoms with Crippen LogP contribution in [0.3, 0.4) is 0 Å². The topological polar surface area (TPSA) is 56.6 Å². The summed E-state index contributed by atoms with van der Waals surface area (Å²) in [6.07, 6.45) is 0.717. The van der Waals surface area contributed by atoms with E-state index in [1.807, 2.05) is 12.1 Å². The number of ether oxygens (including phenoxy) is 2. The molecule has 2 aromatic carbocycles. The molecule has 7 heteroatoms. The maximum atomic E-state index is 14.1. The number of aryl methyl sites for hydroxylation is 1. The largest absolute Gasteiger partial charge is 0.493 e. The molecule has 29 heavy (non-hydrogen) atoms. The number of rotatable bonds is 4. The Kier molecular flexibility index (Phi) is 4.96. The van der Waals surface area contributed by atoms with Crippen molar-refractivity contribution in [2.24, 2.45) is 0 Å². The van der Waals surface area contributed by atoms with Crippen molar-refractivity contribution in [2.75, 3.05) is 20.8 Å². The van der Waals surface area contributed by atoms with Gasteiger partial charge in [-0.25, -0.2) is 9.07 Å². The molecule has 1 aliphatic rings. The van der Waals surface area contributed by atoms with Gasteiger partial charge in [-0.3, -0.25) is 4.79 Å². The molecule has 0 saturated heterocycles. The Balaban J connectivity index is 1.60. The Morgan fingerprint density at radius 3 is 2.45 bits per heavy atom. The fourth-order valence-electron chi connectivity index (χ4n) is 3.66. The molecule has 0 saturated carbocycles. The normalized spacial score (nSPS) is 13.2. The Morgan fingerprint density at radius 1 is 1.07 bits per heavy atom. The molecule has 0 unspecified atom stereocenters. The number of hydrogen-bond donors (Lipinski definition) is 0. The van der Waals surface area contributed by atoms with E-state index in [0.717, 1.165) is 11.1 Å². The van der Waals surface area contributed by atoms with Gasteiger partial charge in [0.1, 0.15) is 11.5 Å². The van der Waals surface area contributed by atoms with Gasteiger partial charge in [0.15, 0.2) is 17.2 Å². The standard InChI is InChI=1S/C22H22FN3O3/c1-14-10-18(24-26(14)19-7-5-4-6-17(19)23)22(27)25-9-8-15-11-20(28-2)21(29-3)12-16(15)13-25/h4-7,10-12H,8-9,13H2,1-3H3. The second-order valence-electron chi connectivity index (χ2n) is 6.99. The first-order chi connectivity index (χ1) is 14.0. The van der Waals surface area contributed by atoms with Gasteiger partial charge < -0.3 is 14.4 Å². The van der Waals surface area contributed by atoms with Gasteiger partial charge in [0, 0.05) is 18.8 Å². The van der Waals surface area contributed by atoms with E-state index < -0.39 is 0 Å². The van der Waals surface area contributed by atoms with Crippen molar-refractivity contribution in [1.29, 1.82) is 0 Å². The van der Waals surface area contributed by atoms with Crippen LogP contribution in [0.4, 0.5) is 4.39 Å². The number of halogens is 1. The van der Waals surface area contributed by atoms with E-state index in [4.69, 9.17) is 9.47 Å². The van der Waals surface area contributed by atoms with Crippen LogP contribution in [0.15, 0.2) is 42.5 Å². The van der Waals surface area contributed by atoms with E-state index in [2.05, 4.69) is 5.10 Å². The van der Waals surface area contributed by atoms with Crippen LogP contribution in [0.1, 0.15) is 27.3 Å². The number of fused-ring (bicyclic) bond motifs is 1. The molecular weight excluding hydrogens is 373 g/mol. The van der Waals surface area contributed by atoms with Crippen LogP contribution in [0.2, 0.25) is 0 Å². The fraction of sp³-hybridized carbons (Fsp3) is 0.273. The minimum Gasteiger partial charge on any atom is -0.493 e. The van der Waals surface area contributed by atoms with Gasteiger partial charge in [0.05, 0.1) is 14.2 Å². The highest BCUT2D eigenvalue weighted by Gasteiger charge is 2.26. The highest BCUT2D eigenvalue weighted by molar-refractivity contribution is 5.92. The lowest BCUT2D eigenvalue weighted by molar-refractivity contribution is 0.0728. The summed E-state index contributed by atoms with van der Waals surface area (Å²) in [5, 5.41) is 4.37. The number of carbonyl (C=O) groups is 1. The van der Waals surface area contributed by atoms with E-state index in [9.17, 15) is 9.18 Å². The minimum atomic E-state index is -0.384. The van der Waals surface area contributed by atoms with Gasteiger partial charge in [0.25, 0.3) is 5.91 Å². The first kappa shape index (κ1) is 19.0. The van der Waals surface area contributed by atoms with Gasteiger partial charge >= 0.3 is 0 Å². The number of aromatic nitrogens is 2. The molecule has 0 N–H and O–H groups in total. The van der Waals surface area contributed by atoms with Crippen molar-refractivity contribution in [2.45, 2.75) is 19.9 Å². The third-order valence-corrected chi connectivity index (χ3v) is 5.19. The average molecular weight is 395 g/mol. The highest BCUT2D eigenvalue weighted by atomic mass is 19.1. The molecule has 0 spiro atoms. The van der Waals surface area contributed by atoms with Crippen LogP contribution in [0, 0.1) is 12.7 Å². The van der Waals surface area contributed by atoms with Crippen molar-refractivity contribution in [3.8, 4) is 17.2 Å². The molecule has 150 valence electrons. The predicted octanol–water partition coefficient (Wildman–Crippen LogP) is 3.54. The molecule has 6 nitrogen and oxygen atoms in total. The molecule has 4 rings (SSSR count). The van der Waals surface area contributed by atoms with Crippen molar-refractivity contribution in [3.63, 3.8) is 0 Å². The third-order valence-electron chi connectivity index (χ3n) is 5.19. The summed E-state index contributed by atoms with van der Waals surface area (Å²) in [5.74, 6) is 0.764. The molecule has 0 aliphatic carbocycles. The first-order valence-electron chi connectivity index (χ1n) is 9.36. The van der Waals surface area contributed by atoms with E-state index in [1.165, 1.54) is 10.7 Å². The van der Waals surface area contributed by atoms with Gasteiger partial charge in [-0.15, -0.1) is 0 Å². The molecule has 1 aromatic heterocycles. The first-order valence-corrected chi connectivity index (χ1v) is 9.36. The fourth-order valence-corrected chi connectivity index (χ4v) is 3.66. The van der Waals surface area contributed by atoms with E-state index >= 15 is 0 Å². The maximum Gasteiger partial charge on any atom is 0.274 e. The van der Waals surface area contributed by atoms with E-state index in [1.54, 1.807) is 50.3 Å². The smallest absolute Gasteiger partial charge is 0.274 e. The molecule has 1 aliphatic heterocycles. The van der Waals surface area contributed by atoms with Crippen molar-refractivity contribution < 1.29 is 18.7 Å². The zero-order valence-electron chi connectivity index (χ0n) is 16.6. The quantitative estimate of drug-likeness (QED) is 0.678. The van der Waals surface area contributed by atoms with Crippen molar-refractivity contribution in [3.05, 3.63) is 70.8 Å². The monoisotopic (exact) mass is 395 g/mol. The van der Waals surface area contributed by atoms with Crippen LogP contribution < -0.4 is 9.47 Å². The summed E-state index contributed by atoms with van der Waals surface area (Å²) < 4.78 is 26.4. The molecular formula is C22H22FN3O3. The van der Waals surface area contributed by atoms with Gasteiger partial charge in [0.2, 0.25) is 0 Å². The molecule has 3 aromatic rings. The second kappa shape index (κ2) is 7.58. The number of methoxy groups -OCH3 is 2. The van der Waals surface area contributed by atoms with E-state index in [-0.39, 0.29) is 11.7 Å². The van der Waals surface area contributed by atoms with Crippen LogP contribution in [0.25, 0.3) is 5.69 Å². The number of carbonyl (C=O) groups excluding carboxylic acids is 1. The summed E-state index contributed by atoms with van der Waals surface area (Å²) in [6, 6.07) is 12.0. The van der Waals surface area contributed by atoms with Crippen LogP contribution >= 0.6 is 0 Å². The minimum absolute atomic E-state index is 0.177. The number of hydrogen-bond acceptors (Lipinski definition) is 4.